The van der Waals surface area contributed by atoms with Crippen molar-refractivity contribution in [2.45, 2.75) is 68.2 Å². The number of ether oxygens (including phenoxy) is 2. The summed E-state index contributed by atoms with van der Waals surface area (Å²) in [7, 11) is 1.57. The van der Waals surface area contributed by atoms with Crippen LogP contribution < -0.4 is 9.64 Å². The smallest absolute Gasteiger partial charge is 0.416 e. The highest BCUT2D eigenvalue weighted by Gasteiger charge is 2.56. The Labute approximate surface area is 272 Å². The van der Waals surface area contributed by atoms with Crippen LogP contribution in [0.3, 0.4) is 0 Å². The van der Waals surface area contributed by atoms with Gasteiger partial charge in [-0.1, -0.05) is 18.2 Å². The molecule has 1 N–H and O–H groups in total. The van der Waals surface area contributed by atoms with Crippen molar-refractivity contribution in [3.63, 3.8) is 0 Å². The molecule has 0 spiro atoms. The lowest BCUT2D eigenvalue weighted by Crippen LogP contribution is -2.53. The second-order valence-electron chi connectivity index (χ2n) is 13.4. The van der Waals surface area contributed by atoms with Crippen molar-refractivity contribution < 1.29 is 41.7 Å². The third kappa shape index (κ3) is 6.95. The Morgan fingerprint density at radius 3 is 2.19 bits per heavy atom. The van der Waals surface area contributed by atoms with Crippen molar-refractivity contribution in [1.82, 2.24) is 9.80 Å². The molecule has 4 saturated heterocycles. The molecule has 47 heavy (non-hydrogen) atoms. The first kappa shape index (κ1) is 33.5. The molecule has 4 heterocycles. The molecule has 4 aliphatic rings. The Balaban J connectivity index is 1.20. The van der Waals surface area contributed by atoms with Crippen LogP contribution in [0.4, 0.5) is 23.2 Å². The Morgan fingerprint density at radius 2 is 1.60 bits per heavy atom. The van der Waals surface area contributed by atoms with E-state index in [0.29, 0.717) is 83.1 Å². The number of benzene rings is 2. The molecule has 0 unspecified atom stereocenters. The van der Waals surface area contributed by atoms with E-state index in [1.807, 2.05) is 17.0 Å². The van der Waals surface area contributed by atoms with Gasteiger partial charge in [0.05, 0.1) is 18.6 Å². The quantitative estimate of drug-likeness (QED) is 0.381. The average Bonchev–Trinajstić information content (AvgIpc) is 3.46. The maximum atomic E-state index is 17.3. The molecule has 0 aromatic heterocycles. The fourth-order valence-corrected chi connectivity index (χ4v) is 7.96. The lowest BCUT2D eigenvalue weighted by atomic mass is 9.83. The molecule has 4 aliphatic heterocycles. The van der Waals surface area contributed by atoms with Gasteiger partial charge in [-0.15, -0.1) is 0 Å². The molecular formula is C35H43F4N3O5. The van der Waals surface area contributed by atoms with E-state index < -0.39 is 41.1 Å². The minimum absolute atomic E-state index is 0.00245. The molecule has 0 radical (unpaired) electrons. The second-order valence-corrected chi connectivity index (χ2v) is 13.4. The van der Waals surface area contributed by atoms with Gasteiger partial charge in [0.1, 0.15) is 5.75 Å². The molecule has 2 aromatic carbocycles. The van der Waals surface area contributed by atoms with Crippen LogP contribution >= 0.6 is 0 Å². The average molecular weight is 662 g/mol. The summed E-state index contributed by atoms with van der Waals surface area (Å²) in [5, 5.41) is 9.42. The number of piperidine rings is 2. The van der Waals surface area contributed by atoms with E-state index >= 15 is 4.39 Å². The van der Waals surface area contributed by atoms with Crippen LogP contribution in [0, 0.1) is 5.92 Å². The number of carbonyl (C=O) groups is 2. The molecule has 0 bridgehead atoms. The van der Waals surface area contributed by atoms with Gasteiger partial charge in [-0.05, 0) is 79.8 Å². The topological polar surface area (TPSA) is 82.6 Å². The second kappa shape index (κ2) is 13.6. The first-order chi connectivity index (χ1) is 22.5. The van der Waals surface area contributed by atoms with E-state index in [2.05, 4.69) is 4.90 Å². The zero-order chi connectivity index (χ0) is 33.3. The number of rotatable bonds is 7. The van der Waals surface area contributed by atoms with Crippen LogP contribution in [-0.4, -0.2) is 98.1 Å². The summed E-state index contributed by atoms with van der Waals surface area (Å²) in [6.45, 7) is 2.93. The molecule has 4 fully saturated rings. The first-order valence-electron chi connectivity index (χ1n) is 16.6. The Hall–Kier alpha value is -3.38. The van der Waals surface area contributed by atoms with Crippen LogP contribution in [0.2, 0.25) is 0 Å². The zero-order valence-electron chi connectivity index (χ0n) is 26.7. The van der Waals surface area contributed by atoms with Gasteiger partial charge in [0.2, 0.25) is 5.67 Å². The highest BCUT2D eigenvalue weighted by molar-refractivity contribution is 5.87. The van der Waals surface area contributed by atoms with Crippen molar-refractivity contribution in [2.75, 3.05) is 64.5 Å². The van der Waals surface area contributed by atoms with E-state index in [0.717, 1.165) is 30.0 Å². The summed E-state index contributed by atoms with van der Waals surface area (Å²) in [6.07, 6.45) is -1.25. The van der Waals surface area contributed by atoms with Crippen LogP contribution in [0.5, 0.6) is 5.75 Å². The molecular weight excluding hydrogens is 618 g/mol. The fourth-order valence-electron chi connectivity index (χ4n) is 7.96. The van der Waals surface area contributed by atoms with Crippen molar-refractivity contribution in [2.24, 2.45) is 5.92 Å². The van der Waals surface area contributed by atoms with E-state index in [4.69, 9.17) is 9.47 Å². The first-order valence-corrected chi connectivity index (χ1v) is 16.6. The number of nitrogens with zero attached hydrogens (tertiary/aromatic N) is 3. The maximum absolute atomic E-state index is 17.3. The van der Waals surface area contributed by atoms with Crippen LogP contribution in [-0.2, 0) is 20.5 Å². The Bertz CT molecular complexity index is 1420. The number of hydrogen-bond donors (Lipinski definition) is 1. The highest BCUT2D eigenvalue weighted by atomic mass is 19.4. The number of alkyl halides is 4. The number of hydrogen-bond acceptors (Lipinski definition) is 6. The van der Waals surface area contributed by atoms with Crippen molar-refractivity contribution >= 4 is 17.6 Å². The normalized spacial score (nSPS) is 25.7. The fraction of sp³-hybridized carbons (Fsp3) is 0.600. The third-order valence-corrected chi connectivity index (χ3v) is 10.7. The van der Waals surface area contributed by atoms with Crippen LogP contribution in [0.1, 0.15) is 67.1 Å². The third-order valence-electron chi connectivity index (χ3n) is 10.7. The molecule has 0 aliphatic carbocycles. The summed E-state index contributed by atoms with van der Waals surface area (Å²) in [5.74, 6) is -2.05. The highest BCUT2D eigenvalue weighted by Crippen LogP contribution is 2.45. The van der Waals surface area contributed by atoms with E-state index in [9.17, 15) is 27.9 Å². The predicted molar refractivity (Wildman–Crippen MR) is 168 cm³/mol. The summed E-state index contributed by atoms with van der Waals surface area (Å²) >= 11 is 0. The molecule has 6 rings (SSSR count). The number of carboxylic acids is 1. The van der Waals surface area contributed by atoms with Crippen molar-refractivity contribution in [3.8, 4) is 5.75 Å². The number of methoxy groups -OCH3 is 1. The molecule has 2 aromatic rings. The van der Waals surface area contributed by atoms with Crippen molar-refractivity contribution in [1.29, 1.82) is 0 Å². The molecule has 0 saturated carbocycles. The van der Waals surface area contributed by atoms with Gasteiger partial charge < -0.3 is 24.4 Å². The lowest BCUT2D eigenvalue weighted by molar-refractivity contribution is -0.145. The summed E-state index contributed by atoms with van der Waals surface area (Å²) in [5.41, 5.74) is -0.904. The largest absolute Gasteiger partial charge is 0.497 e. The Morgan fingerprint density at radius 1 is 0.936 bits per heavy atom. The van der Waals surface area contributed by atoms with Gasteiger partial charge in [-0.3, -0.25) is 14.5 Å². The predicted octanol–water partition coefficient (Wildman–Crippen LogP) is 5.71. The van der Waals surface area contributed by atoms with Gasteiger partial charge in [-0.2, -0.15) is 13.2 Å². The molecule has 2 atom stereocenters. The van der Waals surface area contributed by atoms with Crippen molar-refractivity contribution in [3.05, 3.63) is 59.2 Å². The Kier molecular flexibility index (Phi) is 9.71. The van der Waals surface area contributed by atoms with Crippen LogP contribution in [0.25, 0.3) is 0 Å². The summed E-state index contributed by atoms with van der Waals surface area (Å²) in [4.78, 5) is 31.2. The number of carbonyl (C=O) groups excluding carboxylic acids is 1. The number of likely N-dealkylation sites (tertiary alicyclic amines) is 2. The standard InChI is InChI=1S/C35H43F4N3O5/c1-46-28-5-2-24(3-6-28)30-21-42(27-12-18-47-19-13-27)22-34(30,36)33(45)41-16-8-23(9-17-41)29-7-4-26(35(37,38)39)20-31(29)40-14-10-25(11-15-40)32(43)44/h2-7,20,23,25,27,30H,8-19,21-22H2,1H3,(H,43,44)/t30-,34-/m0/s1. The van der Waals surface area contributed by atoms with Gasteiger partial charge in [0.25, 0.3) is 5.91 Å². The van der Waals surface area contributed by atoms with Gasteiger partial charge in [0.15, 0.2) is 0 Å². The van der Waals surface area contributed by atoms with E-state index in [1.54, 1.807) is 24.1 Å². The minimum atomic E-state index is -4.52. The molecule has 8 nitrogen and oxygen atoms in total. The van der Waals surface area contributed by atoms with Gasteiger partial charge in [-0.25, -0.2) is 4.39 Å². The van der Waals surface area contributed by atoms with Gasteiger partial charge >= 0.3 is 12.1 Å². The van der Waals surface area contributed by atoms with E-state index in [-0.39, 0.29) is 18.5 Å². The molecule has 256 valence electrons. The molecule has 1 amide bonds. The number of carboxylic acid groups (broad SMARTS) is 1. The number of aliphatic carboxylic acids is 1. The van der Waals surface area contributed by atoms with Gasteiger partial charge in [0, 0.05) is 70.1 Å². The summed E-state index contributed by atoms with van der Waals surface area (Å²) < 4.78 is 69.4. The number of halogens is 4. The lowest BCUT2D eigenvalue weighted by Gasteiger charge is -2.39. The zero-order valence-corrected chi connectivity index (χ0v) is 26.7. The monoisotopic (exact) mass is 661 g/mol. The maximum Gasteiger partial charge on any atom is 0.416 e. The number of anilines is 1. The van der Waals surface area contributed by atoms with Crippen LogP contribution in [0.15, 0.2) is 42.5 Å². The number of amides is 1. The van der Waals surface area contributed by atoms with E-state index in [1.165, 1.54) is 12.1 Å². The molecule has 12 heteroatoms. The summed E-state index contributed by atoms with van der Waals surface area (Å²) in [6, 6.07) is 11.2. The minimum Gasteiger partial charge on any atom is -0.497 e. The SMILES string of the molecule is COc1ccc([C@@H]2CN(C3CCOCC3)C[C@@]2(F)C(=O)N2CCC(c3ccc(C(F)(F)F)cc3N3CCC(C(=O)O)CC3)CC2)cc1.